The maximum Gasteiger partial charge on any atom is 0.135 e. The lowest BCUT2D eigenvalue weighted by Crippen LogP contribution is -2.66. The highest BCUT2D eigenvalue weighted by molar-refractivity contribution is 5.02. The van der Waals surface area contributed by atoms with Gasteiger partial charge >= 0.3 is 0 Å². The Morgan fingerprint density at radius 1 is 0.917 bits per heavy atom. The number of likely N-dealkylation sites (N-methyl/N-ethyl adjacent to an activating group) is 1. The molecule has 0 spiro atoms. The van der Waals surface area contributed by atoms with Gasteiger partial charge in [-0.2, -0.15) is 0 Å². The van der Waals surface area contributed by atoms with E-state index in [9.17, 15) is 0 Å². The number of pyridine rings is 1. The number of rotatable bonds is 2. The number of nitrogens with zero attached hydrogens (tertiary/aromatic N) is 5. The Kier molecular flexibility index (Phi) is 4.60. The molecule has 5 nitrogen and oxygen atoms in total. The molecule has 0 aliphatic carbocycles. The smallest absolute Gasteiger partial charge is 0.135 e. The zero-order chi connectivity index (χ0) is 16.5. The van der Waals surface area contributed by atoms with Crippen LogP contribution in [0, 0.1) is 0 Å². The normalized spacial score (nSPS) is 40.0. The zero-order valence-corrected chi connectivity index (χ0v) is 15.2. The second kappa shape index (κ2) is 6.71. The summed E-state index contributed by atoms with van der Waals surface area (Å²) in [5.74, 6) is 0. The van der Waals surface area contributed by atoms with Gasteiger partial charge in [0.05, 0.1) is 52.0 Å². The first-order valence-electron chi connectivity index (χ1n) is 9.68. The van der Waals surface area contributed by atoms with Crippen LogP contribution in [0.25, 0.3) is 0 Å². The van der Waals surface area contributed by atoms with Gasteiger partial charge in [-0.25, -0.2) is 0 Å². The molecule has 5 heteroatoms. The van der Waals surface area contributed by atoms with Crippen LogP contribution in [0.5, 0.6) is 0 Å². The summed E-state index contributed by atoms with van der Waals surface area (Å²) in [7, 11) is 2.47. The Bertz CT molecular complexity index is 550. The third kappa shape index (κ3) is 3.64. The average molecular weight is 332 g/mol. The molecule has 4 heterocycles. The molecule has 4 unspecified atom stereocenters. The van der Waals surface area contributed by atoms with E-state index in [1.165, 1.54) is 93.2 Å². The van der Waals surface area contributed by atoms with E-state index in [1.807, 2.05) is 12.3 Å². The summed E-state index contributed by atoms with van der Waals surface area (Å²) in [6.07, 6.45) is 4.64. The molecule has 0 radical (unpaired) electrons. The van der Waals surface area contributed by atoms with Crippen molar-refractivity contribution in [1.82, 2.24) is 14.8 Å². The topological polar surface area (TPSA) is 19.4 Å². The van der Waals surface area contributed by atoms with Crippen molar-refractivity contribution in [2.45, 2.75) is 19.4 Å². The Morgan fingerprint density at radius 2 is 1.71 bits per heavy atom. The molecule has 24 heavy (non-hydrogen) atoms. The third-order valence-electron chi connectivity index (χ3n) is 6.39. The van der Waals surface area contributed by atoms with Crippen LogP contribution < -0.4 is 0 Å². The fourth-order valence-electron chi connectivity index (χ4n) is 5.01. The Balaban J connectivity index is 1.55. The molecule has 1 aromatic rings. The molecule has 0 amide bonds. The van der Waals surface area contributed by atoms with Crippen LogP contribution >= 0.6 is 0 Å². The molecule has 1 aromatic heterocycles. The van der Waals surface area contributed by atoms with Gasteiger partial charge in [0.15, 0.2) is 0 Å². The Hall–Kier alpha value is -1.01. The highest BCUT2D eigenvalue weighted by atomic mass is 15.5. The van der Waals surface area contributed by atoms with Gasteiger partial charge in [0.1, 0.15) is 19.9 Å². The van der Waals surface area contributed by atoms with E-state index < -0.39 is 0 Å². The molecule has 4 bridgehead atoms. The average Bonchev–Trinajstić information content (AvgIpc) is 2.59. The van der Waals surface area contributed by atoms with E-state index in [0.717, 1.165) is 6.54 Å². The number of hydrogen-bond acceptors (Lipinski definition) is 3. The zero-order valence-electron chi connectivity index (χ0n) is 15.2. The largest absolute Gasteiger partial charge is 0.312 e. The Labute approximate surface area is 146 Å². The summed E-state index contributed by atoms with van der Waals surface area (Å²) in [5, 5.41) is 0. The van der Waals surface area contributed by atoms with Crippen LogP contribution in [-0.4, -0.2) is 96.5 Å². The van der Waals surface area contributed by atoms with Gasteiger partial charge in [-0.1, -0.05) is 6.07 Å². The van der Waals surface area contributed by atoms with Gasteiger partial charge in [0, 0.05) is 32.1 Å². The van der Waals surface area contributed by atoms with Gasteiger partial charge in [0.2, 0.25) is 0 Å². The van der Waals surface area contributed by atoms with E-state index in [-0.39, 0.29) is 0 Å². The molecule has 4 atom stereocenters. The first-order valence-corrected chi connectivity index (χ1v) is 9.68. The van der Waals surface area contributed by atoms with Crippen molar-refractivity contribution in [2.24, 2.45) is 0 Å². The van der Waals surface area contributed by atoms with Gasteiger partial charge in [0.25, 0.3) is 0 Å². The summed E-state index contributed by atoms with van der Waals surface area (Å²) >= 11 is 0. The number of fused-ring (bicyclic) bond motifs is 4. The molecule has 0 aromatic carbocycles. The van der Waals surface area contributed by atoms with Crippen molar-refractivity contribution in [3.8, 4) is 0 Å². The summed E-state index contributed by atoms with van der Waals surface area (Å²) in [6, 6.07) is 6.37. The van der Waals surface area contributed by atoms with Crippen LogP contribution in [0.3, 0.4) is 0 Å². The van der Waals surface area contributed by atoms with Crippen LogP contribution in [0.2, 0.25) is 0 Å². The first-order chi connectivity index (χ1) is 11.6. The second-order valence-corrected chi connectivity index (χ2v) is 8.56. The Morgan fingerprint density at radius 3 is 2.54 bits per heavy atom. The molecule has 3 aliphatic heterocycles. The molecule has 132 valence electrons. The number of aromatic nitrogens is 1. The molecule has 0 saturated carbocycles. The fraction of sp³-hybridized carbons (Fsp3) is 0.737. The predicted molar refractivity (Wildman–Crippen MR) is 96.0 cm³/mol. The van der Waals surface area contributed by atoms with Crippen molar-refractivity contribution in [3.05, 3.63) is 30.1 Å². The number of hydrogen-bond donors (Lipinski definition) is 0. The van der Waals surface area contributed by atoms with Crippen LogP contribution in [-0.2, 0) is 6.54 Å². The minimum atomic E-state index is 1.09. The highest BCUT2D eigenvalue weighted by Crippen LogP contribution is 2.23. The summed E-state index contributed by atoms with van der Waals surface area (Å²) < 4.78 is 2.45. The molecule has 4 rings (SSSR count). The summed E-state index contributed by atoms with van der Waals surface area (Å²) in [4.78, 5) is 10.1. The van der Waals surface area contributed by atoms with Gasteiger partial charge in [-0.05, 0) is 12.1 Å². The first kappa shape index (κ1) is 16.5. The highest BCUT2D eigenvalue weighted by Gasteiger charge is 2.39. The van der Waals surface area contributed by atoms with Crippen molar-refractivity contribution >= 4 is 0 Å². The summed E-state index contributed by atoms with van der Waals surface area (Å²) in [5.41, 5.74) is 1.26. The lowest BCUT2D eigenvalue weighted by Gasteiger charge is -2.50. The van der Waals surface area contributed by atoms with E-state index in [2.05, 4.69) is 34.0 Å². The molecule has 3 aliphatic rings. The molecular formula is C19H33N5+2. The lowest BCUT2D eigenvalue weighted by atomic mass is 10.1. The standard InChI is InChI=1S/C19H33N5/c1-23-12-4-8-21(17-23)11-15-24(16-19-6-2-3-7-20-19)13-5-9-22(18-24)10-14-23/h2-3,6-7H,4-5,8-18H2,1H3/q+2. The van der Waals surface area contributed by atoms with Crippen LogP contribution in [0.15, 0.2) is 24.4 Å². The predicted octanol–water partition coefficient (Wildman–Crippen LogP) is 1.19. The summed E-state index contributed by atoms with van der Waals surface area (Å²) in [6.45, 7) is 13.9. The van der Waals surface area contributed by atoms with Gasteiger partial charge < -0.3 is 8.97 Å². The van der Waals surface area contributed by atoms with E-state index in [1.54, 1.807) is 0 Å². The minimum Gasteiger partial charge on any atom is -0.312 e. The van der Waals surface area contributed by atoms with Crippen molar-refractivity contribution in [2.75, 3.05) is 72.7 Å². The maximum absolute atomic E-state index is 4.63. The van der Waals surface area contributed by atoms with Crippen molar-refractivity contribution in [1.29, 1.82) is 0 Å². The van der Waals surface area contributed by atoms with Crippen LogP contribution in [0.1, 0.15) is 18.5 Å². The monoisotopic (exact) mass is 331 g/mol. The second-order valence-electron chi connectivity index (χ2n) is 8.56. The van der Waals surface area contributed by atoms with Crippen molar-refractivity contribution < 1.29 is 8.97 Å². The maximum atomic E-state index is 4.63. The van der Waals surface area contributed by atoms with E-state index in [4.69, 9.17) is 0 Å². The number of quaternary nitrogens is 2. The van der Waals surface area contributed by atoms with Gasteiger partial charge in [-0.3, -0.25) is 14.8 Å². The lowest BCUT2D eigenvalue weighted by molar-refractivity contribution is -0.962. The van der Waals surface area contributed by atoms with Gasteiger partial charge in [-0.15, -0.1) is 0 Å². The molecule has 3 fully saturated rings. The fourth-order valence-corrected chi connectivity index (χ4v) is 5.01. The third-order valence-corrected chi connectivity index (χ3v) is 6.39. The van der Waals surface area contributed by atoms with E-state index in [0.29, 0.717) is 0 Å². The quantitative estimate of drug-likeness (QED) is 0.759. The van der Waals surface area contributed by atoms with Crippen LogP contribution in [0.4, 0.5) is 0 Å². The SMILES string of the molecule is C[N+]12CCCN(CC[N+]3(Cc4ccccn4)CCCN(CC1)C3)C2. The van der Waals surface area contributed by atoms with Crippen molar-refractivity contribution in [3.63, 3.8) is 0 Å². The molecule has 0 N–H and O–H groups in total. The molecular weight excluding hydrogens is 298 g/mol. The molecule has 3 saturated heterocycles. The minimum absolute atomic E-state index is 1.09. The van der Waals surface area contributed by atoms with E-state index >= 15 is 0 Å².